The number of methoxy groups -OCH3 is 1. The van der Waals surface area contributed by atoms with Crippen LogP contribution in [-0.2, 0) is 5.41 Å². The summed E-state index contributed by atoms with van der Waals surface area (Å²) in [7, 11) is 2.99. The highest BCUT2D eigenvalue weighted by atomic mass is 35.5. The van der Waals surface area contributed by atoms with E-state index in [2.05, 4.69) is 15.4 Å². The van der Waals surface area contributed by atoms with E-state index in [9.17, 15) is 14.4 Å². The predicted molar refractivity (Wildman–Crippen MR) is 139 cm³/mol. The van der Waals surface area contributed by atoms with Crippen LogP contribution in [0.1, 0.15) is 36.7 Å². The van der Waals surface area contributed by atoms with Crippen LogP contribution in [0.4, 0.5) is 15.3 Å². The molecule has 190 valence electrons. The molecule has 0 bridgehead atoms. The van der Waals surface area contributed by atoms with Gasteiger partial charge in [-0.2, -0.15) is 0 Å². The van der Waals surface area contributed by atoms with E-state index in [1.54, 1.807) is 67.7 Å². The van der Waals surface area contributed by atoms with Crippen LogP contribution in [0.5, 0.6) is 17.2 Å². The number of hydrogen-bond acceptors (Lipinski definition) is 6. The minimum Gasteiger partial charge on any atom is -0.494 e. The van der Waals surface area contributed by atoms with Gasteiger partial charge in [0, 0.05) is 18.6 Å². The quantitative estimate of drug-likeness (QED) is 0.384. The molecule has 0 aliphatic carbocycles. The molecule has 0 saturated carbocycles. The van der Waals surface area contributed by atoms with Crippen molar-refractivity contribution in [3.05, 3.63) is 83.9 Å². The second-order valence-corrected chi connectivity index (χ2v) is 8.72. The fourth-order valence-electron chi connectivity index (χ4n) is 2.99. The van der Waals surface area contributed by atoms with Gasteiger partial charge in [0.15, 0.2) is 5.75 Å². The summed E-state index contributed by atoms with van der Waals surface area (Å²) in [4.78, 5) is 34.7. The van der Waals surface area contributed by atoms with Gasteiger partial charge in [-0.05, 0) is 47.4 Å². The van der Waals surface area contributed by atoms with Gasteiger partial charge in [-0.1, -0.05) is 57.2 Å². The maximum Gasteiger partial charge on any atom is 0.417 e. The van der Waals surface area contributed by atoms with Crippen molar-refractivity contribution >= 4 is 34.7 Å². The van der Waals surface area contributed by atoms with Crippen molar-refractivity contribution in [2.75, 3.05) is 19.5 Å². The third kappa shape index (κ3) is 8.63. The van der Waals surface area contributed by atoms with Gasteiger partial charge in [0.1, 0.15) is 11.5 Å². The smallest absolute Gasteiger partial charge is 0.417 e. The van der Waals surface area contributed by atoms with Crippen LogP contribution in [0.25, 0.3) is 0 Å². The second kappa shape index (κ2) is 13.2. The average Bonchev–Trinajstić information content (AvgIpc) is 2.83. The van der Waals surface area contributed by atoms with Crippen molar-refractivity contribution in [1.29, 1.82) is 0 Å². The molecule has 0 unspecified atom stereocenters. The highest BCUT2D eigenvalue weighted by Crippen LogP contribution is 2.35. The third-order valence-corrected chi connectivity index (χ3v) is 4.84. The highest BCUT2D eigenvalue weighted by molar-refractivity contribution is 6.61. The van der Waals surface area contributed by atoms with Crippen LogP contribution >= 0.6 is 11.6 Å². The molecule has 0 aromatic heterocycles. The van der Waals surface area contributed by atoms with Crippen molar-refractivity contribution in [1.82, 2.24) is 5.32 Å². The maximum atomic E-state index is 12.3. The molecule has 0 spiro atoms. The van der Waals surface area contributed by atoms with Crippen LogP contribution in [0.2, 0.25) is 0 Å². The van der Waals surface area contributed by atoms with Gasteiger partial charge in [0.05, 0.1) is 18.4 Å². The Hall–Kier alpha value is -4.04. The number of carbonyl (C=O) groups is 3. The summed E-state index contributed by atoms with van der Waals surface area (Å²) in [5, 5.41) is 5.27. The number of hydrogen-bond donors (Lipinski definition) is 2. The first-order valence-electron chi connectivity index (χ1n) is 11.0. The second-order valence-electron chi connectivity index (χ2n) is 8.41. The molecule has 0 aliphatic rings. The van der Waals surface area contributed by atoms with E-state index >= 15 is 0 Å². The molecule has 9 heteroatoms. The summed E-state index contributed by atoms with van der Waals surface area (Å²) in [6.07, 6.45) is -0.664. The zero-order valence-corrected chi connectivity index (χ0v) is 21.5. The summed E-state index contributed by atoms with van der Waals surface area (Å²) in [5.41, 5.74) is 0.560. The Bertz CT molecular complexity index is 1180. The minimum absolute atomic E-state index is 0.227. The molecule has 8 nitrogen and oxygen atoms in total. The fraction of sp³-hybridized carbons (Fsp3) is 0.222. The molecule has 2 amide bonds. The lowest BCUT2D eigenvalue weighted by atomic mass is 9.85. The molecule has 0 saturated heterocycles. The lowest BCUT2D eigenvalue weighted by Gasteiger charge is -2.23. The van der Waals surface area contributed by atoms with Gasteiger partial charge in [-0.3, -0.25) is 10.1 Å². The lowest BCUT2D eigenvalue weighted by Crippen LogP contribution is -2.23. The van der Waals surface area contributed by atoms with Crippen LogP contribution in [-0.4, -0.2) is 31.6 Å². The van der Waals surface area contributed by atoms with Crippen molar-refractivity contribution in [3.63, 3.8) is 0 Å². The van der Waals surface area contributed by atoms with Crippen LogP contribution in [0.3, 0.4) is 0 Å². The predicted octanol–water partition coefficient (Wildman–Crippen LogP) is 6.39. The van der Waals surface area contributed by atoms with E-state index in [0.717, 1.165) is 5.56 Å². The van der Waals surface area contributed by atoms with E-state index in [1.165, 1.54) is 7.11 Å². The number of carbonyl (C=O) groups excluding carboxylic acids is 3. The third-order valence-electron chi connectivity index (χ3n) is 4.76. The van der Waals surface area contributed by atoms with E-state index in [1.807, 2.05) is 32.9 Å². The molecule has 2 N–H and O–H groups in total. The minimum atomic E-state index is -0.814. The van der Waals surface area contributed by atoms with Crippen LogP contribution in [0.15, 0.2) is 72.8 Å². The summed E-state index contributed by atoms with van der Waals surface area (Å²) < 4.78 is 15.2. The van der Waals surface area contributed by atoms with E-state index < -0.39 is 11.5 Å². The zero-order valence-electron chi connectivity index (χ0n) is 20.8. The van der Waals surface area contributed by atoms with Crippen molar-refractivity contribution < 1.29 is 28.6 Å². The van der Waals surface area contributed by atoms with Gasteiger partial charge in [0.2, 0.25) is 0 Å². The first-order valence-corrected chi connectivity index (χ1v) is 11.3. The van der Waals surface area contributed by atoms with Crippen molar-refractivity contribution in [3.8, 4) is 17.2 Å². The summed E-state index contributed by atoms with van der Waals surface area (Å²) in [6, 6.07) is 20.9. The zero-order chi connectivity index (χ0) is 26.7. The Morgan fingerprint density at radius 1 is 0.833 bits per heavy atom. The van der Waals surface area contributed by atoms with Gasteiger partial charge in [0.25, 0.3) is 5.91 Å². The number of anilines is 1. The lowest BCUT2D eigenvalue weighted by molar-refractivity contribution is 0.0960. The molecule has 0 aliphatic heterocycles. The number of nitrogens with one attached hydrogen (secondary N) is 2. The van der Waals surface area contributed by atoms with Crippen LogP contribution < -0.4 is 24.8 Å². The van der Waals surface area contributed by atoms with Gasteiger partial charge in [-0.15, -0.1) is 0 Å². The van der Waals surface area contributed by atoms with Gasteiger partial charge < -0.3 is 19.5 Å². The van der Waals surface area contributed by atoms with Crippen LogP contribution in [0, 0.1) is 0 Å². The number of rotatable bonds is 5. The Balaban J connectivity index is 0.000000380. The average molecular weight is 513 g/mol. The summed E-state index contributed by atoms with van der Waals surface area (Å²) in [6.45, 7) is 6.07. The SMILES string of the molecule is CNC(=O)c1cc(C(C)(C)C)cc(NC(=O)Oc2ccccc2)c1OC.O=C(Cl)Oc1ccccc1. The first-order chi connectivity index (χ1) is 17.0. The molecule has 0 heterocycles. The first kappa shape index (κ1) is 28.2. The Labute approximate surface area is 215 Å². The number of amides is 2. The van der Waals surface area contributed by atoms with E-state index in [4.69, 9.17) is 21.1 Å². The molecule has 3 aromatic carbocycles. The van der Waals surface area contributed by atoms with Crippen molar-refractivity contribution in [2.45, 2.75) is 26.2 Å². The summed E-state index contributed by atoms with van der Waals surface area (Å²) >= 11 is 4.95. The fourth-order valence-corrected chi connectivity index (χ4v) is 3.08. The number of benzene rings is 3. The largest absolute Gasteiger partial charge is 0.494 e. The number of halogens is 1. The molecule has 0 radical (unpaired) electrons. The molecule has 0 atom stereocenters. The molecule has 3 aromatic rings. The Kier molecular flexibility index (Phi) is 10.3. The molecule has 0 fully saturated rings. The topological polar surface area (TPSA) is 103 Å². The number of para-hydroxylation sites is 2. The van der Waals surface area contributed by atoms with Crippen molar-refractivity contribution in [2.24, 2.45) is 0 Å². The molecule has 36 heavy (non-hydrogen) atoms. The van der Waals surface area contributed by atoms with E-state index in [0.29, 0.717) is 22.7 Å². The van der Waals surface area contributed by atoms with E-state index in [-0.39, 0.29) is 17.1 Å². The standard InChI is InChI=1S/C20H24N2O4.C7H5ClO2/c1-20(2,3)13-11-15(18(23)21-4)17(25-5)16(12-13)22-19(24)26-14-9-7-6-8-10-14;8-7(9)10-6-4-2-1-3-5-6/h6-12H,1-5H3,(H,21,23)(H,22,24);1-5H. The monoisotopic (exact) mass is 512 g/mol. The highest BCUT2D eigenvalue weighted by Gasteiger charge is 2.23. The Morgan fingerprint density at radius 2 is 1.36 bits per heavy atom. The van der Waals surface area contributed by atoms with Gasteiger partial charge >= 0.3 is 11.5 Å². The maximum absolute atomic E-state index is 12.3. The molecular formula is C27H29ClN2O6. The molecular weight excluding hydrogens is 484 g/mol. The Morgan fingerprint density at radius 3 is 1.81 bits per heavy atom. The molecule has 3 rings (SSSR count). The summed E-state index contributed by atoms with van der Waals surface area (Å²) in [5.74, 6) is 0.861. The number of ether oxygens (including phenoxy) is 3. The van der Waals surface area contributed by atoms with Gasteiger partial charge in [-0.25, -0.2) is 9.59 Å². The normalized spacial score (nSPS) is 10.3.